The molecule has 3 aromatic heterocycles. The molecule has 18 nitrogen and oxygen atoms in total. The molecule has 20 heteroatoms. The summed E-state index contributed by atoms with van der Waals surface area (Å²) in [5.74, 6) is 0.531. The van der Waals surface area contributed by atoms with E-state index in [1.165, 1.54) is 41.2 Å². The summed E-state index contributed by atoms with van der Waals surface area (Å²) in [6, 6.07) is 23.1. The maximum Gasteiger partial charge on any atom is 0.312 e. The smallest absolute Gasteiger partial charge is 0.312 e. The molecular formula is C56H64FN9O9S. The first-order chi connectivity index (χ1) is 36.5. The van der Waals surface area contributed by atoms with E-state index in [0.29, 0.717) is 49.8 Å². The molecule has 1 spiro atoms. The van der Waals surface area contributed by atoms with Gasteiger partial charge in [0, 0.05) is 81.9 Å². The van der Waals surface area contributed by atoms with Crippen molar-refractivity contribution in [2.24, 2.45) is 11.3 Å². The van der Waals surface area contributed by atoms with Crippen molar-refractivity contribution in [3.05, 3.63) is 130 Å². The van der Waals surface area contributed by atoms with Gasteiger partial charge in [-0.1, -0.05) is 44.2 Å². The lowest BCUT2D eigenvalue weighted by Gasteiger charge is -2.58. The fraction of sp³-hybridized carbons (Fsp3) is 0.446. The lowest BCUT2D eigenvalue weighted by Crippen LogP contribution is -2.60. The van der Waals surface area contributed by atoms with Crippen molar-refractivity contribution in [1.82, 2.24) is 29.5 Å². The number of benzene rings is 3. The summed E-state index contributed by atoms with van der Waals surface area (Å²) in [7, 11) is -4.71. The molecule has 6 heterocycles. The van der Waals surface area contributed by atoms with Crippen molar-refractivity contribution >= 4 is 44.2 Å². The number of carbonyl (C=O) groups is 1. The number of piperidine rings is 1. The van der Waals surface area contributed by atoms with E-state index in [1.807, 2.05) is 6.07 Å². The number of H-pyrrole nitrogens is 1. The van der Waals surface area contributed by atoms with E-state index in [0.717, 1.165) is 94.4 Å². The van der Waals surface area contributed by atoms with E-state index >= 15 is 0 Å². The summed E-state index contributed by atoms with van der Waals surface area (Å²) >= 11 is 0. The lowest BCUT2D eigenvalue weighted by molar-refractivity contribution is -0.384. The van der Waals surface area contributed by atoms with Gasteiger partial charge in [0.25, 0.3) is 15.9 Å². The summed E-state index contributed by atoms with van der Waals surface area (Å²) in [4.78, 5) is 43.7. The van der Waals surface area contributed by atoms with Gasteiger partial charge in [0.1, 0.15) is 27.9 Å². The monoisotopic (exact) mass is 1060 g/mol. The van der Waals surface area contributed by atoms with E-state index < -0.39 is 42.9 Å². The van der Waals surface area contributed by atoms with Crippen LogP contribution in [-0.2, 0) is 16.6 Å². The van der Waals surface area contributed by atoms with E-state index in [2.05, 4.69) is 89.9 Å². The number of anilines is 2. The summed E-state index contributed by atoms with van der Waals surface area (Å²) in [6.45, 7) is 12.1. The number of nitro groups is 1. The lowest BCUT2D eigenvalue weighted by atomic mass is 9.59. The topological polar surface area (TPSA) is 218 Å². The van der Waals surface area contributed by atoms with Crippen LogP contribution in [0.2, 0.25) is 0 Å². The van der Waals surface area contributed by atoms with Crippen molar-refractivity contribution in [3.8, 4) is 23.0 Å². The van der Waals surface area contributed by atoms with Gasteiger partial charge in [-0.2, -0.15) is 0 Å². The minimum Gasteiger partial charge on any atom is -0.455 e. The quantitative estimate of drug-likeness (QED) is 0.0556. The molecule has 1 atom stereocenters. The Morgan fingerprint density at radius 3 is 2.53 bits per heavy atom. The van der Waals surface area contributed by atoms with Crippen LogP contribution in [0.5, 0.6) is 23.0 Å². The number of aromatic amines is 1. The Bertz CT molecular complexity index is 3270. The van der Waals surface area contributed by atoms with Crippen molar-refractivity contribution < 1.29 is 41.8 Å². The highest BCUT2D eigenvalue weighted by Gasteiger charge is 2.50. The molecule has 2 aliphatic carbocycles. The third-order valence-electron chi connectivity index (χ3n) is 16.5. The van der Waals surface area contributed by atoms with Crippen LogP contribution in [0, 0.1) is 27.3 Å². The van der Waals surface area contributed by atoms with E-state index in [4.69, 9.17) is 14.2 Å². The number of piperazine rings is 1. The fourth-order valence-electron chi connectivity index (χ4n) is 12.1. The van der Waals surface area contributed by atoms with Gasteiger partial charge in [0.05, 0.1) is 33.9 Å². The molecule has 0 bridgehead atoms. The number of amides is 1. The standard InChI is InChI=1S/C56H64FN9O9S/c1-35(2)42-6-4-5-7-43(42)48-33-63(32-37-8-11-49-51(22-37)74-34-73-49)20-21-65(48)39-26-56(27-39)16-18-64(19-17-56)38-9-10-44(50(23-38)75-40-24-45-46(57)31-61-52(45)59-29-40)54(67)62-76(71,72)41-25-47(66(69)70)53(60-30-41)58-28-36-12-14-55(3,68)15-13-36/h4-11,22-25,29-31,35-36,39,48,68H,12-21,26-28,32-34H2,1-3H3,(H,58,60)(H,59,61)(H,62,67)/t36?,48-,55?/m0/s1. The molecule has 2 saturated heterocycles. The minimum absolute atomic E-state index is 0.00422. The molecule has 3 aromatic carbocycles. The molecule has 2 saturated carbocycles. The van der Waals surface area contributed by atoms with Crippen LogP contribution in [0.4, 0.5) is 21.6 Å². The molecule has 4 fully saturated rings. The van der Waals surface area contributed by atoms with Crippen molar-refractivity contribution in [2.45, 2.75) is 107 Å². The summed E-state index contributed by atoms with van der Waals surface area (Å²) in [5.41, 5.74) is 3.76. The molecule has 0 radical (unpaired) electrons. The molecule has 3 aliphatic heterocycles. The molecule has 400 valence electrons. The Balaban J connectivity index is 0.784. The first kappa shape index (κ1) is 51.2. The van der Waals surface area contributed by atoms with Crippen LogP contribution in [0.15, 0.2) is 96.3 Å². The molecule has 1 amide bonds. The third-order valence-corrected chi connectivity index (χ3v) is 17.8. The average Bonchev–Trinajstić information content (AvgIpc) is 4.03. The normalized spacial score (nSPS) is 21.9. The minimum atomic E-state index is -4.71. The van der Waals surface area contributed by atoms with Crippen molar-refractivity contribution in [1.29, 1.82) is 0 Å². The zero-order valence-corrected chi connectivity index (χ0v) is 43.8. The molecule has 0 unspecified atom stereocenters. The number of pyridine rings is 2. The number of aliphatic hydroxyl groups is 1. The largest absolute Gasteiger partial charge is 0.455 e. The number of hydrogen-bond donors (Lipinski definition) is 4. The SMILES string of the molecule is CC(C)c1ccccc1[C@@H]1CN(Cc2ccc3c(c2)OCO3)CCN1C1CC2(CCN(c3ccc(C(=O)NS(=O)(=O)c4cnc(NCC5CCC(C)(O)CC5)c([N+](=O)[O-])c4)c(Oc4cnc5[nH]cc(F)c5c4)c3)CC2)C1. The molecule has 76 heavy (non-hydrogen) atoms. The van der Waals surface area contributed by atoms with Crippen LogP contribution in [0.3, 0.4) is 0 Å². The maximum absolute atomic E-state index is 14.7. The molecule has 5 aliphatic rings. The number of halogens is 1. The highest BCUT2D eigenvalue weighted by atomic mass is 32.2. The van der Waals surface area contributed by atoms with Gasteiger partial charge in [-0.25, -0.2) is 27.5 Å². The van der Waals surface area contributed by atoms with Gasteiger partial charge >= 0.3 is 5.69 Å². The van der Waals surface area contributed by atoms with E-state index in [9.17, 15) is 32.8 Å². The first-order valence-corrected chi connectivity index (χ1v) is 27.8. The average molecular weight is 1060 g/mol. The van der Waals surface area contributed by atoms with Crippen molar-refractivity contribution in [2.75, 3.05) is 56.3 Å². The number of hydrogen-bond acceptors (Lipinski definition) is 15. The number of nitrogens with zero attached hydrogens (tertiary/aromatic N) is 6. The number of sulfonamides is 1. The number of rotatable bonds is 15. The van der Waals surface area contributed by atoms with Crippen LogP contribution >= 0.6 is 0 Å². The highest BCUT2D eigenvalue weighted by Crippen LogP contribution is 2.53. The van der Waals surface area contributed by atoms with E-state index in [-0.39, 0.29) is 52.4 Å². The van der Waals surface area contributed by atoms with Gasteiger partial charge in [0.15, 0.2) is 11.5 Å². The Kier molecular flexibility index (Phi) is 13.9. The van der Waals surface area contributed by atoms with Gasteiger partial charge in [-0.05, 0) is 123 Å². The van der Waals surface area contributed by atoms with E-state index in [1.54, 1.807) is 19.1 Å². The van der Waals surface area contributed by atoms with Gasteiger partial charge < -0.3 is 34.5 Å². The Morgan fingerprint density at radius 1 is 0.974 bits per heavy atom. The van der Waals surface area contributed by atoms with Gasteiger partial charge in [0.2, 0.25) is 12.6 Å². The number of aromatic nitrogens is 3. The number of ether oxygens (including phenoxy) is 3. The molecule has 11 rings (SSSR count). The van der Waals surface area contributed by atoms with Crippen LogP contribution in [-0.4, -0.2) is 107 Å². The van der Waals surface area contributed by atoms with Gasteiger partial charge in [-0.15, -0.1) is 0 Å². The fourth-order valence-corrected chi connectivity index (χ4v) is 13.1. The number of carbonyl (C=O) groups excluding carboxylic acids is 1. The highest BCUT2D eigenvalue weighted by molar-refractivity contribution is 7.90. The summed E-state index contributed by atoms with van der Waals surface area (Å²) < 4.78 is 62.0. The predicted octanol–water partition coefficient (Wildman–Crippen LogP) is 9.43. The number of nitrogens with one attached hydrogen (secondary N) is 3. The second-order valence-corrected chi connectivity index (χ2v) is 23.7. The van der Waals surface area contributed by atoms with Gasteiger partial charge in [-0.3, -0.25) is 24.7 Å². The molecule has 4 N–H and O–H groups in total. The Hall–Kier alpha value is -6.87. The Labute approximate surface area is 441 Å². The maximum atomic E-state index is 14.7. The van der Waals surface area contributed by atoms with Crippen LogP contribution in [0.1, 0.15) is 111 Å². The molecular weight excluding hydrogens is 994 g/mol. The zero-order chi connectivity index (χ0) is 52.9. The number of fused-ring (bicyclic) bond motifs is 2. The van der Waals surface area contributed by atoms with Crippen LogP contribution in [0.25, 0.3) is 11.0 Å². The second-order valence-electron chi connectivity index (χ2n) is 22.0. The first-order valence-electron chi connectivity index (χ1n) is 26.3. The summed E-state index contributed by atoms with van der Waals surface area (Å²) in [6.07, 6.45) is 10.3. The Morgan fingerprint density at radius 2 is 1.75 bits per heavy atom. The van der Waals surface area contributed by atoms with Crippen LogP contribution < -0.4 is 29.1 Å². The van der Waals surface area contributed by atoms with Crippen molar-refractivity contribution in [3.63, 3.8) is 0 Å². The predicted molar refractivity (Wildman–Crippen MR) is 284 cm³/mol. The second kappa shape index (κ2) is 20.6. The summed E-state index contributed by atoms with van der Waals surface area (Å²) in [5, 5.41) is 25.7. The zero-order valence-electron chi connectivity index (χ0n) is 43.0. The third kappa shape index (κ3) is 10.6. The molecule has 6 aromatic rings.